The van der Waals surface area contributed by atoms with E-state index in [9.17, 15) is 22.4 Å². The van der Waals surface area contributed by atoms with Crippen LogP contribution in [0.4, 0.5) is 23.2 Å². The van der Waals surface area contributed by atoms with Gasteiger partial charge in [0.15, 0.2) is 0 Å². The van der Waals surface area contributed by atoms with Gasteiger partial charge in [-0.3, -0.25) is 15.2 Å². The van der Waals surface area contributed by atoms with Crippen LogP contribution in [0.2, 0.25) is 0 Å². The molecule has 0 fully saturated rings. The van der Waals surface area contributed by atoms with Gasteiger partial charge in [-0.1, -0.05) is 18.2 Å². The number of hydrogen-bond acceptors (Lipinski definition) is 6. The maximum absolute atomic E-state index is 14.4. The first-order valence-corrected chi connectivity index (χ1v) is 10.8. The lowest BCUT2D eigenvalue weighted by molar-refractivity contribution is -0.138. The highest BCUT2D eigenvalue weighted by molar-refractivity contribution is 6.06. The smallest absolute Gasteiger partial charge is 0.366 e. The first-order chi connectivity index (χ1) is 16.6. The molecule has 1 aromatic heterocycles. The number of alkyl halides is 3. The fourth-order valence-electron chi connectivity index (χ4n) is 4.53. The standard InChI is InChI=1S/C23H21F4N7O/c1-11-18-12(8-30-33-18)10-34(11)22-31-19-13(20(28)35)4-2-5-14(19)21(32-22)29-9-15-16(23(25,26)27)6-3-7-17(15)24/h2-8,11,21,29H,9-10H2,1H3,(H2,28,35)(H,30,33)(H,31,32)/t11-,21?/m0/s1. The van der Waals surface area contributed by atoms with E-state index in [1.54, 1.807) is 24.4 Å². The molecular formula is C23H21F4N7O. The molecule has 12 heteroatoms. The summed E-state index contributed by atoms with van der Waals surface area (Å²) in [6.07, 6.45) is -3.87. The van der Waals surface area contributed by atoms with Gasteiger partial charge in [0.2, 0.25) is 5.96 Å². The van der Waals surface area contributed by atoms with Gasteiger partial charge in [-0.05, 0) is 25.1 Å². The number of nitrogens with one attached hydrogen (secondary N) is 3. The van der Waals surface area contributed by atoms with E-state index >= 15 is 0 Å². The molecule has 2 aromatic carbocycles. The molecule has 0 aliphatic carbocycles. The number of hydrogen-bond donors (Lipinski definition) is 4. The van der Waals surface area contributed by atoms with E-state index in [0.29, 0.717) is 23.8 Å². The number of H-pyrrole nitrogens is 1. The minimum atomic E-state index is -4.72. The molecule has 0 bridgehead atoms. The van der Waals surface area contributed by atoms with E-state index in [2.05, 4.69) is 25.8 Å². The Labute approximate surface area is 197 Å². The van der Waals surface area contributed by atoms with E-state index in [0.717, 1.165) is 29.5 Å². The van der Waals surface area contributed by atoms with Crippen LogP contribution in [-0.4, -0.2) is 27.0 Å². The summed E-state index contributed by atoms with van der Waals surface area (Å²) in [5.74, 6) is -1.26. The number of aliphatic imine (C=N–C) groups is 1. The predicted molar refractivity (Wildman–Crippen MR) is 120 cm³/mol. The van der Waals surface area contributed by atoms with Gasteiger partial charge in [0.1, 0.15) is 12.0 Å². The zero-order valence-corrected chi connectivity index (χ0v) is 18.4. The normalized spacial score (nSPS) is 19.1. The number of amides is 1. The highest BCUT2D eigenvalue weighted by Gasteiger charge is 2.36. The van der Waals surface area contributed by atoms with Gasteiger partial charge < -0.3 is 16.0 Å². The van der Waals surface area contributed by atoms with Crippen molar-refractivity contribution in [2.45, 2.75) is 38.4 Å². The van der Waals surface area contributed by atoms with Crippen LogP contribution in [0.1, 0.15) is 57.4 Å². The van der Waals surface area contributed by atoms with Crippen LogP contribution in [0.25, 0.3) is 0 Å². The van der Waals surface area contributed by atoms with Crippen molar-refractivity contribution in [1.29, 1.82) is 0 Å². The molecular weight excluding hydrogens is 466 g/mol. The Kier molecular flexibility index (Phi) is 5.47. The Hall–Kier alpha value is -3.93. The molecule has 2 atom stereocenters. The third-order valence-corrected chi connectivity index (χ3v) is 6.29. The number of aromatic amines is 1. The van der Waals surface area contributed by atoms with Crippen LogP contribution in [0, 0.1) is 5.82 Å². The lowest BCUT2D eigenvalue weighted by Gasteiger charge is -2.33. The summed E-state index contributed by atoms with van der Waals surface area (Å²) >= 11 is 0. The van der Waals surface area contributed by atoms with E-state index in [-0.39, 0.29) is 11.6 Å². The molecule has 3 heterocycles. The van der Waals surface area contributed by atoms with Gasteiger partial charge in [-0.25, -0.2) is 9.38 Å². The molecule has 8 nitrogen and oxygen atoms in total. The number of para-hydroxylation sites is 1. The second kappa shape index (κ2) is 8.38. The number of aromatic nitrogens is 2. The average Bonchev–Trinajstić information content (AvgIpc) is 3.39. The van der Waals surface area contributed by atoms with E-state index in [4.69, 9.17) is 5.73 Å². The minimum absolute atomic E-state index is 0.134. The van der Waals surface area contributed by atoms with Gasteiger partial charge in [-0.15, -0.1) is 0 Å². The lowest BCUT2D eigenvalue weighted by Crippen LogP contribution is -2.40. The van der Waals surface area contributed by atoms with Gasteiger partial charge in [-0.2, -0.15) is 18.3 Å². The molecule has 2 aliphatic rings. The summed E-state index contributed by atoms with van der Waals surface area (Å²) in [5.41, 5.74) is 6.98. The molecule has 3 aromatic rings. The fraction of sp³-hybridized carbons (Fsp3) is 0.261. The number of rotatable bonds is 4. The Morgan fingerprint density at radius 3 is 2.74 bits per heavy atom. The summed E-state index contributed by atoms with van der Waals surface area (Å²) in [6.45, 7) is 1.98. The van der Waals surface area contributed by atoms with E-state index < -0.39 is 41.7 Å². The number of fused-ring (bicyclic) bond motifs is 2. The highest BCUT2D eigenvalue weighted by Crippen LogP contribution is 2.38. The van der Waals surface area contributed by atoms with Crippen molar-refractivity contribution in [1.82, 2.24) is 20.4 Å². The number of benzene rings is 2. The first kappa shape index (κ1) is 22.8. The zero-order chi connectivity index (χ0) is 24.9. The van der Waals surface area contributed by atoms with Crippen molar-refractivity contribution in [3.63, 3.8) is 0 Å². The van der Waals surface area contributed by atoms with Crippen LogP contribution in [-0.2, 0) is 19.3 Å². The number of nitrogens with zero attached hydrogens (tertiary/aromatic N) is 3. The number of carbonyl (C=O) groups excluding carboxylic acids is 1. The molecule has 1 unspecified atom stereocenters. The molecule has 2 aliphatic heterocycles. The Morgan fingerprint density at radius 1 is 1.26 bits per heavy atom. The largest absolute Gasteiger partial charge is 0.416 e. The van der Waals surface area contributed by atoms with Crippen LogP contribution in [0.15, 0.2) is 47.6 Å². The lowest BCUT2D eigenvalue weighted by atomic mass is 10.0. The zero-order valence-electron chi connectivity index (χ0n) is 18.4. The highest BCUT2D eigenvalue weighted by atomic mass is 19.4. The summed E-state index contributed by atoms with van der Waals surface area (Å²) in [6, 6.07) is 7.54. The second-order valence-corrected chi connectivity index (χ2v) is 8.37. The molecule has 5 rings (SSSR count). The van der Waals surface area contributed by atoms with E-state index in [1.165, 1.54) is 0 Å². The van der Waals surface area contributed by atoms with Crippen molar-refractivity contribution in [3.05, 3.63) is 81.9 Å². The fourth-order valence-corrected chi connectivity index (χ4v) is 4.53. The number of guanidine groups is 1. The maximum Gasteiger partial charge on any atom is 0.416 e. The molecule has 0 radical (unpaired) electrons. The number of primary amides is 1. The van der Waals surface area contributed by atoms with Gasteiger partial charge >= 0.3 is 6.18 Å². The van der Waals surface area contributed by atoms with Crippen LogP contribution >= 0.6 is 0 Å². The Balaban J connectivity index is 1.52. The minimum Gasteiger partial charge on any atom is -0.366 e. The monoisotopic (exact) mass is 487 g/mol. The van der Waals surface area contributed by atoms with Gasteiger partial charge in [0.05, 0.1) is 34.7 Å². The maximum atomic E-state index is 14.4. The number of nitrogens with two attached hydrogens (primary N) is 1. The topological polar surface area (TPSA) is 111 Å². The molecule has 0 saturated heterocycles. The molecule has 182 valence electrons. The average molecular weight is 487 g/mol. The molecule has 35 heavy (non-hydrogen) atoms. The Morgan fingerprint density at radius 2 is 2.03 bits per heavy atom. The third-order valence-electron chi connectivity index (χ3n) is 6.29. The summed E-state index contributed by atoms with van der Waals surface area (Å²) in [4.78, 5) is 18.7. The van der Waals surface area contributed by atoms with Crippen molar-refractivity contribution in [2.75, 3.05) is 5.32 Å². The quantitative estimate of drug-likeness (QED) is 0.418. The van der Waals surface area contributed by atoms with E-state index in [1.807, 2.05) is 11.8 Å². The van der Waals surface area contributed by atoms with Crippen molar-refractivity contribution in [3.8, 4) is 0 Å². The summed E-state index contributed by atoms with van der Waals surface area (Å²) < 4.78 is 54.9. The van der Waals surface area contributed by atoms with Crippen LogP contribution in [0.3, 0.4) is 0 Å². The molecule has 5 N–H and O–H groups in total. The van der Waals surface area contributed by atoms with Crippen molar-refractivity contribution < 1.29 is 22.4 Å². The number of anilines is 1. The molecule has 1 amide bonds. The molecule has 0 saturated carbocycles. The third kappa shape index (κ3) is 3.99. The molecule has 0 spiro atoms. The van der Waals surface area contributed by atoms with Crippen molar-refractivity contribution >= 4 is 17.6 Å². The SMILES string of the molecule is C[C@H]1c2[nH]ncc2CN1C1=NC(NCc2c(F)cccc2C(F)(F)F)c2cccc(C(N)=O)c2N1. The second-order valence-electron chi connectivity index (χ2n) is 8.37. The number of halogens is 4. The first-order valence-electron chi connectivity index (χ1n) is 10.8. The summed E-state index contributed by atoms with van der Waals surface area (Å²) in [7, 11) is 0. The van der Waals surface area contributed by atoms with Gasteiger partial charge in [0.25, 0.3) is 5.91 Å². The van der Waals surface area contributed by atoms with Crippen LogP contribution < -0.4 is 16.4 Å². The summed E-state index contributed by atoms with van der Waals surface area (Å²) in [5, 5.41) is 13.1. The number of carbonyl (C=O) groups is 1. The Bertz CT molecular complexity index is 1330. The van der Waals surface area contributed by atoms with Crippen molar-refractivity contribution in [2.24, 2.45) is 10.7 Å². The van der Waals surface area contributed by atoms with Gasteiger partial charge in [0, 0.05) is 29.8 Å². The van der Waals surface area contributed by atoms with Crippen LogP contribution in [0.5, 0.6) is 0 Å². The predicted octanol–water partition coefficient (Wildman–Crippen LogP) is 3.81.